The molecule has 0 unspecified atom stereocenters. The van der Waals surface area contributed by atoms with Crippen molar-refractivity contribution in [2.75, 3.05) is 37.6 Å². The summed E-state index contributed by atoms with van der Waals surface area (Å²) in [5.74, 6) is 0.913. The fourth-order valence-corrected chi connectivity index (χ4v) is 3.86. The number of carbonyl (C=O) groups is 1. The second-order valence-corrected chi connectivity index (χ2v) is 7.66. The van der Waals surface area contributed by atoms with Gasteiger partial charge in [0.15, 0.2) is 6.54 Å². The molecule has 1 aromatic heterocycles. The number of aromatic nitrogens is 2. The predicted molar refractivity (Wildman–Crippen MR) is 117 cm³/mol. The van der Waals surface area contributed by atoms with E-state index in [1.807, 2.05) is 17.0 Å². The molecule has 154 valence electrons. The number of piperazine rings is 1. The topological polar surface area (TPSA) is 65.9 Å². The minimum absolute atomic E-state index is 0.106. The van der Waals surface area contributed by atoms with Crippen molar-refractivity contribution in [2.24, 2.45) is 0 Å². The summed E-state index contributed by atoms with van der Waals surface area (Å²) in [5.41, 5.74) is 3.66. The largest absolute Gasteiger partial charge is 0.337 e. The summed E-state index contributed by atoms with van der Waals surface area (Å²) in [7, 11) is 0. The van der Waals surface area contributed by atoms with Gasteiger partial charge in [0, 0.05) is 49.7 Å². The Morgan fingerprint density at radius 3 is 2.20 bits per heavy atom. The molecule has 1 aliphatic rings. The van der Waals surface area contributed by atoms with Crippen molar-refractivity contribution in [2.45, 2.75) is 13.0 Å². The van der Waals surface area contributed by atoms with Crippen LogP contribution in [0.1, 0.15) is 22.7 Å². The molecular weight excluding hydrogens is 374 g/mol. The lowest BCUT2D eigenvalue weighted by Crippen LogP contribution is -2.88. The lowest BCUT2D eigenvalue weighted by Gasteiger charge is -2.34. The van der Waals surface area contributed by atoms with Crippen LogP contribution in [0.15, 0.2) is 73.1 Å². The standard InChI is InChI=1S/C24H27N5O/c1-19-8-10-21(11-9-19)23(20-6-3-2-4-7-20)27-18-22(30)28-14-16-29(17-15-28)24-25-12-5-13-26-24/h2-13,23,27H,14-18H2,1H3/p+1/t23-/m1/s1. The SMILES string of the molecule is Cc1ccc([C@H]([NH2+]CC(=O)N2CCN(c3ncccn3)CC2)c2ccccc2)cc1. The highest BCUT2D eigenvalue weighted by Gasteiger charge is 2.25. The number of nitrogens with two attached hydrogens (primary N) is 1. The highest BCUT2D eigenvalue weighted by atomic mass is 16.2. The number of anilines is 1. The maximum Gasteiger partial charge on any atom is 0.277 e. The summed E-state index contributed by atoms with van der Waals surface area (Å²) in [4.78, 5) is 25.6. The van der Waals surface area contributed by atoms with Gasteiger partial charge in [0.1, 0.15) is 6.04 Å². The van der Waals surface area contributed by atoms with E-state index in [4.69, 9.17) is 0 Å². The fourth-order valence-electron chi connectivity index (χ4n) is 3.86. The summed E-state index contributed by atoms with van der Waals surface area (Å²) in [6.45, 7) is 5.44. The van der Waals surface area contributed by atoms with E-state index < -0.39 is 0 Å². The van der Waals surface area contributed by atoms with Gasteiger partial charge in [-0.05, 0) is 13.0 Å². The van der Waals surface area contributed by atoms with E-state index in [9.17, 15) is 4.79 Å². The number of aryl methyl sites for hydroxylation is 1. The maximum atomic E-state index is 12.9. The van der Waals surface area contributed by atoms with Crippen LogP contribution in [0.5, 0.6) is 0 Å². The molecule has 1 saturated heterocycles. The number of benzene rings is 2. The highest BCUT2D eigenvalue weighted by molar-refractivity contribution is 5.77. The van der Waals surface area contributed by atoms with Gasteiger partial charge in [-0.2, -0.15) is 0 Å². The fraction of sp³-hybridized carbons (Fsp3) is 0.292. The number of hydrogen-bond acceptors (Lipinski definition) is 4. The zero-order valence-corrected chi connectivity index (χ0v) is 17.3. The molecular formula is C24H28N5O+. The Morgan fingerprint density at radius 1 is 0.900 bits per heavy atom. The molecule has 0 aliphatic carbocycles. The smallest absolute Gasteiger partial charge is 0.277 e. The Balaban J connectivity index is 1.38. The monoisotopic (exact) mass is 402 g/mol. The Kier molecular flexibility index (Phi) is 6.35. The third-order valence-corrected chi connectivity index (χ3v) is 5.59. The normalized spacial score (nSPS) is 15.1. The quantitative estimate of drug-likeness (QED) is 0.683. The third kappa shape index (κ3) is 4.83. The first-order valence-corrected chi connectivity index (χ1v) is 10.5. The van der Waals surface area contributed by atoms with Crippen molar-refractivity contribution in [3.05, 3.63) is 89.7 Å². The summed E-state index contributed by atoms with van der Waals surface area (Å²) in [5, 5.41) is 2.15. The van der Waals surface area contributed by atoms with Crippen LogP contribution < -0.4 is 10.2 Å². The van der Waals surface area contributed by atoms with Gasteiger partial charge < -0.3 is 15.1 Å². The van der Waals surface area contributed by atoms with Crippen molar-refractivity contribution < 1.29 is 10.1 Å². The van der Waals surface area contributed by atoms with E-state index in [0.717, 1.165) is 19.0 Å². The number of amides is 1. The summed E-state index contributed by atoms with van der Waals surface area (Å²) in [6, 6.07) is 20.9. The molecule has 30 heavy (non-hydrogen) atoms. The van der Waals surface area contributed by atoms with Gasteiger partial charge in [-0.3, -0.25) is 4.79 Å². The molecule has 1 atom stereocenters. The zero-order valence-electron chi connectivity index (χ0n) is 17.3. The molecule has 1 amide bonds. The van der Waals surface area contributed by atoms with E-state index in [2.05, 4.69) is 75.6 Å². The number of carbonyl (C=O) groups excluding carboxylic acids is 1. The van der Waals surface area contributed by atoms with Crippen LogP contribution in [0, 0.1) is 6.92 Å². The molecule has 1 fully saturated rings. The van der Waals surface area contributed by atoms with Crippen molar-refractivity contribution in [3.8, 4) is 0 Å². The van der Waals surface area contributed by atoms with Crippen LogP contribution in [0.2, 0.25) is 0 Å². The molecule has 2 N–H and O–H groups in total. The van der Waals surface area contributed by atoms with Gasteiger partial charge in [0.05, 0.1) is 0 Å². The number of quaternary nitrogens is 1. The van der Waals surface area contributed by atoms with Crippen LogP contribution >= 0.6 is 0 Å². The Bertz CT molecular complexity index is 938. The summed E-state index contributed by atoms with van der Waals surface area (Å²) >= 11 is 0. The van der Waals surface area contributed by atoms with Crippen LogP contribution in [0.25, 0.3) is 0 Å². The second-order valence-electron chi connectivity index (χ2n) is 7.66. The summed E-state index contributed by atoms with van der Waals surface area (Å²) in [6.07, 6.45) is 3.51. The first kappa shape index (κ1) is 20.0. The molecule has 6 nitrogen and oxygen atoms in total. The van der Waals surface area contributed by atoms with Gasteiger partial charge in [0.2, 0.25) is 5.95 Å². The van der Waals surface area contributed by atoms with E-state index in [1.54, 1.807) is 12.4 Å². The van der Waals surface area contributed by atoms with Crippen molar-refractivity contribution in [3.63, 3.8) is 0 Å². The van der Waals surface area contributed by atoms with Crippen molar-refractivity contribution in [1.29, 1.82) is 0 Å². The molecule has 2 aromatic carbocycles. The number of rotatable bonds is 6. The average Bonchev–Trinajstić information content (AvgIpc) is 2.81. The minimum Gasteiger partial charge on any atom is -0.337 e. The summed E-state index contributed by atoms with van der Waals surface area (Å²) < 4.78 is 0. The lowest BCUT2D eigenvalue weighted by molar-refractivity contribution is -0.677. The van der Waals surface area contributed by atoms with Crippen molar-refractivity contribution >= 4 is 11.9 Å². The molecule has 6 heteroatoms. The molecule has 2 heterocycles. The van der Waals surface area contributed by atoms with Gasteiger partial charge >= 0.3 is 0 Å². The zero-order chi connectivity index (χ0) is 20.8. The van der Waals surface area contributed by atoms with Crippen molar-refractivity contribution in [1.82, 2.24) is 14.9 Å². The lowest BCUT2D eigenvalue weighted by atomic mass is 9.98. The van der Waals surface area contributed by atoms with Crippen LogP contribution in [-0.4, -0.2) is 53.5 Å². The van der Waals surface area contributed by atoms with E-state index >= 15 is 0 Å². The predicted octanol–water partition coefficient (Wildman–Crippen LogP) is 1.79. The Hall–Kier alpha value is -3.25. The Labute approximate surface area is 177 Å². The molecule has 1 aliphatic heterocycles. The van der Waals surface area contributed by atoms with E-state index in [0.29, 0.717) is 19.6 Å². The van der Waals surface area contributed by atoms with Gasteiger partial charge in [-0.15, -0.1) is 0 Å². The van der Waals surface area contributed by atoms with E-state index in [1.165, 1.54) is 16.7 Å². The van der Waals surface area contributed by atoms with Crippen LogP contribution in [0.3, 0.4) is 0 Å². The number of hydrogen-bond donors (Lipinski definition) is 1. The van der Waals surface area contributed by atoms with Gasteiger partial charge in [0.25, 0.3) is 5.91 Å². The van der Waals surface area contributed by atoms with Gasteiger partial charge in [-0.25, -0.2) is 9.97 Å². The first-order valence-electron chi connectivity index (χ1n) is 10.5. The molecule has 0 radical (unpaired) electrons. The molecule has 0 spiro atoms. The third-order valence-electron chi connectivity index (χ3n) is 5.59. The average molecular weight is 403 g/mol. The maximum absolute atomic E-state index is 12.9. The molecule has 4 rings (SSSR count). The molecule has 0 bridgehead atoms. The van der Waals surface area contributed by atoms with Gasteiger partial charge in [-0.1, -0.05) is 60.2 Å². The Morgan fingerprint density at radius 2 is 1.53 bits per heavy atom. The number of nitrogens with zero attached hydrogens (tertiary/aromatic N) is 4. The van der Waals surface area contributed by atoms with Crippen LogP contribution in [-0.2, 0) is 4.79 Å². The minimum atomic E-state index is 0.106. The highest BCUT2D eigenvalue weighted by Crippen LogP contribution is 2.18. The van der Waals surface area contributed by atoms with Crippen LogP contribution in [0.4, 0.5) is 5.95 Å². The molecule has 0 saturated carbocycles. The molecule has 3 aromatic rings. The first-order chi connectivity index (χ1) is 14.7. The second kappa shape index (κ2) is 9.50. The van der Waals surface area contributed by atoms with E-state index in [-0.39, 0.29) is 11.9 Å².